The molecule has 2 aromatic rings. The molecule has 0 aromatic heterocycles. The summed E-state index contributed by atoms with van der Waals surface area (Å²) < 4.78 is 5.47. The molecular weight excluding hydrogens is 510 g/mol. The highest BCUT2D eigenvalue weighted by atomic mass is 35.5. The number of aryl methyl sites for hydroxylation is 1. The van der Waals surface area contributed by atoms with Gasteiger partial charge in [-0.15, -0.1) is 0 Å². The van der Waals surface area contributed by atoms with Crippen LogP contribution < -0.4 is 10.6 Å². The third-order valence-electron chi connectivity index (χ3n) is 6.15. The molecule has 2 atom stereocenters. The fourth-order valence-corrected chi connectivity index (χ4v) is 4.59. The number of carboxylic acids is 1. The van der Waals surface area contributed by atoms with E-state index in [1.807, 2.05) is 0 Å². The molecule has 3 rings (SSSR count). The van der Waals surface area contributed by atoms with Crippen molar-refractivity contribution in [1.82, 2.24) is 10.2 Å². The molecule has 0 spiro atoms. The Labute approximate surface area is 227 Å². The summed E-state index contributed by atoms with van der Waals surface area (Å²) in [4.78, 5) is 51.7. The van der Waals surface area contributed by atoms with Gasteiger partial charge in [0.25, 0.3) is 5.91 Å². The van der Waals surface area contributed by atoms with Crippen molar-refractivity contribution < 1.29 is 29.0 Å². The molecule has 1 saturated heterocycles. The number of halogens is 1. The van der Waals surface area contributed by atoms with Gasteiger partial charge in [-0.1, -0.05) is 35.9 Å². The number of rotatable bonds is 7. The number of nitrogens with one attached hydrogen (secondary N) is 2. The van der Waals surface area contributed by atoms with E-state index < -0.39 is 35.7 Å². The Morgan fingerprint density at radius 1 is 1.11 bits per heavy atom. The van der Waals surface area contributed by atoms with E-state index >= 15 is 0 Å². The van der Waals surface area contributed by atoms with Crippen LogP contribution in [0.3, 0.4) is 0 Å². The number of piperidine rings is 1. The summed E-state index contributed by atoms with van der Waals surface area (Å²) in [6.45, 7) is 7.52. The van der Waals surface area contributed by atoms with Crippen LogP contribution in [0.5, 0.6) is 0 Å². The van der Waals surface area contributed by atoms with E-state index in [1.54, 1.807) is 70.2 Å². The molecule has 3 amide bonds. The highest BCUT2D eigenvalue weighted by Gasteiger charge is 2.35. The fourth-order valence-electron chi connectivity index (χ4n) is 4.28. The average molecular weight is 544 g/mol. The Morgan fingerprint density at radius 2 is 1.79 bits per heavy atom. The number of carbonyl (C=O) groups is 4. The maximum atomic E-state index is 13.0. The number of carbonyl (C=O) groups excluding carboxylic acids is 3. The van der Waals surface area contributed by atoms with Crippen LogP contribution in [0.25, 0.3) is 0 Å². The maximum absolute atomic E-state index is 13.0. The number of carboxylic acid groups (broad SMARTS) is 1. The second-order valence-corrected chi connectivity index (χ2v) is 10.8. The fraction of sp³-hybridized carbons (Fsp3) is 0.429. The summed E-state index contributed by atoms with van der Waals surface area (Å²) in [6, 6.07) is 9.89. The van der Waals surface area contributed by atoms with Gasteiger partial charge in [-0.2, -0.15) is 0 Å². The van der Waals surface area contributed by atoms with Crippen LogP contribution in [0.15, 0.2) is 42.5 Å². The second kappa shape index (κ2) is 12.3. The topological polar surface area (TPSA) is 125 Å². The molecule has 9 nitrogen and oxygen atoms in total. The normalized spacial score (nSPS) is 16.3. The van der Waals surface area contributed by atoms with Gasteiger partial charge in [0.05, 0.1) is 10.6 Å². The van der Waals surface area contributed by atoms with Crippen molar-refractivity contribution in [3.05, 3.63) is 64.2 Å². The SMILES string of the molecule is Cc1cccc(Cl)c1C(=O)N[C@@H](Cc1ccc(NC(=O)[C@@H]2CCCCN2C(=O)OC(C)(C)C)cc1)C(=O)O. The Hall–Kier alpha value is -3.59. The van der Waals surface area contributed by atoms with Crippen molar-refractivity contribution in [1.29, 1.82) is 0 Å². The third kappa shape index (κ3) is 7.71. The van der Waals surface area contributed by atoms with Gasteiger partial charge in [0, 0.05) is 18.7 Å². The first kappa shape index (κ1) is 29.0. The smallest absolute Gasteiger partial charge is 0.410 e. The molecular formula is C28H34ClN3O6. The van der Waals surface area contributed by atoms with E-state index in [0.717, 1.165) is 12.8 Å². The van der Waals surface area contributed by atoms with Crippen LogP contribution in [0.4, 0.5) is 10.5 Å². The van der Waals surface area contributed by atoms with E-state index in [2.05, 4.69) is 10.6 Å². The first-order valence-corrected chi connectivity index (χ1v) is 12.9. The number of anilines is 1. The van der Waals surface area contributed by atoms with Crippen molar-refractivity contribution >= 4 is 41.2 Å². The lowest BCUT2D eigenvalue weighted by atomic mass is 10.0. The lowest BCUT2D eigenvalue weighted by Crippen LogP contribution is -2.51. The zero-order valence-corrected chi connectivity index (χ0v) is 22.8. The van der Waals surface area contributed by atoms with Gasteiger partial charge in [-0.25, -0.2) is 9.59 Å². The lowest BCUT2D eigenvalue weighted by Gasteiger charge is -2.35. The average Bonchev–Trinajstić information content (AvgIpc) is 2.83. The molecule has 1 aliphatic rings. The number of benzene rings is 2. The monoisotopic (exact) mass is 543 g/mol. The molecule has 2 aromatic carbocycles. The number of nitrogens with zero attached hydrogens (tertiary/aromatic N) is 1. The summed E-state index contributed by atoms with van der Waals surface area (Å²) >= 11 is 6.15. The zero-order valence-electron chi connectivity index (χ0n) is 22.0. The Kier molecular flexibility index (Phi) is 9.38. The number of hydrogen-bond donors (Lipinski definition) is 3. The number of aliphatic carboxylic acids is 1. The van der Waals surface area contributed by atoms with E-state index in [4.69, 9.17) is 16.3 Å². The molecule has 38 heavy (non-hydrogen) atoms. The van der Waals surface area contributed by atoms with Gasteiger partial charge in [-0.05, 0) is 76.3 Å². The summed E-state index contributed by atoms with van der Waals surface area (Å²) in [6.07, 6.45) is 1.69. The van der Waals surface area contributed by atoms with Gasteiger partial charge in [0.2, 0.25) is 5.91 Å². The van der Waals surface area contributed by atoms with Gasteiger partial charge in [0.1, 0.15) is 17.7 Å². The van der Waals surface area contributed by atoms with Crippen LogP contribution in [0, 0.1) is 6.92 Å². The minimum Gasteiger partial charge on any atom is -0.480 e. The van der Waals surface area contributed by atoms with E-state index in [1.165, 1.54) is 4.90 Å². The molecule has 1 heterocycles. The third-order valence-corrected chi connectivity index (χ3v) is 6.46. The largest absolute Gasteiger partial charge is 0.480 e. The summed E-state index contributed by atoms with van der Waals surface area (Å²) in [7, 11) is 0. The number of amides is 3. The predicted octanol–water partition coefficient (Wildman–Crippen LogP) is 4.80. The Morgan fingerprint density at radius 3 is 2.39 bits per heavy atom. The van der Waals surface area contributed by atoms with Crippen LogP contribution in [0.2, 0.25) is 5.02 Å². The van der Waals surface area contributed by atoms with Gasteiger partial charge >= 0.3 is 12.1 Å². The van der Waals surface area contributed by atoms with Crippen LogP contribution in [-0.4, -0.2) is 58.1 Å². The first-order valence-electron chi connectivity index (χ1n) is 12.5. The zero-order chi connectivity index (χ0) is 28.0. The van der Waals surface area contributed by atoms with Crippen LogP contribution in [-0.2, 0) is 20.7 Å². The molecule has 0 aliphatic carbocycles. The van der Waals surface area contributed by atoms with Crippen molar-refractivity contribution in [2.45, 2.75) is 71.1 Å². The molecule has 0 saturated carbocycles. The molecule has 204 valence electrons. The molecule has 0 bridgehead atoms. The molecule has 10 heteroatoms. The van der Waals surface area contributed by atoms with Crippen molar-refractivity contribution in [2.75, 3.05) is 11.9 Å². The molecule has 1 fully saturated rings. The second-order valence-electron chi connectivity index (χ2n) is 10.4. The molecule has 0 radical (unpaired) electrons. The van der Waals surface area contributed by atoms with E-state index in [9.17, 15) is 24.3 Å². The highest BCUT2D eigenvalue weighted by Crippen LogP contribution is 2.23. The van der Waals surface area contributed by atoms with Crippen molar-refractivity contribution in [3.63, 3.8) is 0 Å². The van der Waals surface area contributed by atoms with Gasteiger partial charge < -0.3 is 20.5 Å². The number of ether oxygens (including phenoxy) is 1. The van der Waals surface area contributed by atoms with Crippen molar-refractivity contribution in [2.24, 2.45) is 0 Å². The minimum atomic E-state index is -1.18. The molecule has 1 aliphatic heterocycles. The minimum absolute atomic E-state index is 0.0356. The molecule has 0 unspecified atom stereocenters. The predicted molar refractivity (Wildman–Crippen MR) is 144 cm³/mol. The Bertz CT molecular complexity index is 1170. The summed E-state index contributed by atoms with van der Waals surface area (Å²) in [5.74, 6) is -2.06. The standard InChI is InChI=1S/C28H34ClN3O6/c1-17-8-7-9-20(29)23(17)25(34)31-21(26(35)36)16-18-11-13-19(14-12-18)30-24(33)22-10-5-6-15-32(22)27(37)38-28(2,3)4/h7-9,11-14,21-22H,5-6,10,15-16H2,1-4H3,(H,30,33)(H,31,34)(H,35,36)/t21-,22-/m0/s1. The quantitative estimate of drug-likeness (QED) is 0.460. The maximum Gasteiger partial charge on any atom is 0.410 e. The number of hydrogen-bond acceptors (Lipinski definition) is 5. The van der Waals surface area contributed by atoms with Gasteiger partial charge in [-0.3, -0.25) is 14.5 Å². The van der Waals surface area contributed by atoms with Crippen LogP contribution >= 0.6 is 11.6 Å². The first-order chi connectivity index (χ1) is 17.9. The number of likely N-dealkylation sites (tertiary alicyclic amines) is 1. The van der Waals surface area contributed by atoms with Crippen molar-refractivity contribution in [3.8, 4) is 0 Å². The van der Waals surface area contributed by atoms with Crippen LogP contribution in [0.1, 0.15) is 61.5 Å². The summed E-state index contributed by atoms with van der Waals surface area (Å²) in [5.41, 5.74) is 1.38. The van der Waals surface area contributed by atoms with E-state index in [-0.39, 0.29) is 22.9 Å². The molecule has 3 N–H and O–H groups in total. The summed E-state index contributed by atoms with van der Waals surface area (Å²) in [5, 5.41) is 15.3. The van der Waals surface area contributed by atoms with E-state index in [0.29, 0.717) is 29.8 Å². The highest BCUT2D eigenvalue weighted by molar-refractivity contribution is 6.34. The van der Waals surface area contributed by atoms with Gasteiger partial charge in [0.15, 0.2) is 0 Å². The Balaban J connectivity index is 1.64. The lowest BCUT2D eigenvalue weighted by molar-refractivity contribution is -0.139.